The van der Waals surface area contributed by atoms with Crippen molar-refractivity contribution in [2.75, 3.05) is 0 Å². The van der Waals surface area contributed by atoms with E-state index in [1.807, 2.05) is 4.72 Å². The lowest BCUT2D eigenvalue weighted by Crippen LogP contribution is -2.57. The van der Waals surface area contributed by atoms with Crippen LogP contribution in [-0.4, -0.2) is 24.7 Å². The van der Waals surface area contributed by atoms with Gasteiger partial charge in [0.05, 0.1) is 11.1 Å². The van der Waals surface area contributed by atoms with Crippen LogP contribution in [-0.2, 0) is 10.0 Å². The zero-order valence-electron chi connectivity index (χ0n) is 11.5. The molecule has 8 heteroatoms. The first kappa shape index (κ1) is 16.9. The van der Waals surface area contributed by atoms with Gasteiger partial charge in [0, 0.05) is 12.1 Å². The van der Waals surface area contributed by atoms with E-state index in [0.29, 0.717) is 0 Å². The van der Waals surface area contributed by atoms with E-state index in [-0.39, 0.29) is 12.1 Å². The molecular weight excluding hydrogens is 295 g/mol. The maximum Gasteiger partial charge on any atom is 0.247 e. The fourth-order valence-electron chi connectivity index (χ4n) is 1.30. The molecule has 1 rings (SSSR count). The van der Waals surface area contributed by atoms with Crippen LogP contribution in [0.25, 0.3) is 0 Å². The number of sulfonamides is 1. The predicted molar refractivity (Wildman–Crippen MR) is 67.0 cm³/mol. The molecule has 0 spiro atoms. The number of halogens is 3. The second kappa shape index (κ2) is 5.01. The lowest BCUT2D eigenvalue weighted by Gasteiger charge is -2.37. The Balaban J connectivity index is 3.34. The Labute approximate surface area is 115 Å². The van der Waals surface area contributed by atoms with Gasteiger partial charge in [0.15, 0.2) is 4.90 Å². The molecule has 4 nitrogen and oxygen atoms in total. The summed E-state index contributed by atoms with van der Waals surface area (Å²) in [6, 6.07) is 0.545. The summed E-state index contributed by atoms with van der Waals surface area (Å²) in [5.74, 6) is -4.30. The Morgan fingerprint density at radius 2 is 1.45 bits per heavy atom. The van der Waals surface area contributed by atoms with Gasteiger partial charge in [-0.25, -0.2) is 26.3 Å². The van der Waals surface area contributed by atoms with Crippen LogP contribution < -0.4 is 4.72 Å². The summed E-state index contributed by atoms with van der Waals surface area (Å²) >= 11 is 0. The van der Waals surface area contributed by atoms with Gasteiger partial charge in [-0.3, -0.25) is 0 Å². The quantitative estimate of drug-likeness (QED) is 0.893. The van der Waals surface area contributed by atoms with Crippen LogP contribution in [0.3, 0.4) is 0 Å². The van der Waals surface area contributed by atoms with Crippen molar-refractivity contribution in [3.8, 4) is 0 Å². The first-order chi connectivity index (χ1) is 8.78. The van der Waals surface area contributed by atoms with Crippen LogP contribution >= 0.6 is 0 Å². The van der Waals surface area contributed by atoms with E-state index in [0.717, 1.165) is 0 Å². The van der Waals surface area contributed by atoms with Crippen molar-refractivity contribution in [1.29, 1.82) is 0 Å². The third kappa shape index (κ3) is 3.31. The lowest BCUT2D eigenvalue weighted by atomic mass is 9.87. The Bertz CT molecular complexity index is 598. The van der Waals surface area contributed by atoms with Crippen molar-refractivity contribution in [3.05, 3.63) is 29.6 Å². The fraction of sp³-hybridized carbons (Fsp3) is 0.500. The maximum atomic E-state index is 13.5. The number of hydrogen-bond acceptors (Lipinski definition) is 3. The summed E-state index contributed by atoms with van der Waals surface area (Å²) in [6.07, 6.45) is 0. The molecule has 0 heterocycles. The summed E-state index contributed by atoms with van der Waals surface area (Å²) in [7, 11) is -4.61. The van der Waals surface area contributed by atoms with Gasteiger partial charge in [-0.1, -0.05) is 0 Å². The summed E-state index contributed by atoms with van der Waals surface area (Å²) in [5, 5.41) is 9.86. The zero-order valence-corrected chi connectivity index (χ0v) is 12.3. The molecule has 0 atom stereocenters. The van der Waals surface area contributed by atoms with E-state index in [1.165, 1.54) is 27.7 Å². The normalized spacial score (nSPS) is 13.6. The summed E-state index contributed by atoms with van der Waals surface area (Å²) in [4.78, 5) is -1.28. The molecule has 1 aromatic rings. The third-order valence-electron chi connectivity index (χ3n) is 3.15. The Kier molecular flexibility index (Phi) is 4.24. The van der Waals surface area contributed by atoms with Gasteiger partial charge >= 0.3 is 0 Å². The third-order valence-corrected chi connectivity index (χ3v) is 4.86. The van der Waals surface area contributed by atoms with Crippen LogP contribution in [0.15, 0.2) is 17.0 Å². The standard InChI is InChI=1S/C12H16F3NO3S/c1-11(2,12(3,4)17)16-20(18,19)10-8(14)5-7(13)6-9(10)15/h5-6,16-17H,1-4H3. The van der Waals surface area contributed by atoms with Crippen molar-refractivity contribution >= 4 is 10.0 Å². The fourth-order valence-corrected chi connectivity index (χ4v) is 2.95. The van der Waals surface area contributed by atoms with Crippen molar-refractivity contribution in [2.45, 2.75) is 43.7 Å². The topological polar surface area (TPSA) is 66.4 Å². The molecule has 0 unspecified atom stereocenters. The molecule has 20 heavy (non-hydrogen) atoms. The summed E-state index contributed by atoms with van der Waals surface area (Å²) in [5.41, 5.74) is -2.90. The van der Waals surface area contributed by atoms with Crippen LogP contribution in [0.4, 0.5) is 13.2 Å². The van der Waals surface area contributed by atoms with Crippen LogP contribution in [0.5, 0.6) is 0 Å². The number of benzene rings is 1. The minimum atomic E-state index is -4.61. The minimum Gasteiger partial charge on any atom is -0.389 e. The Hall–Kier alpha value is -1.12. The highest BCUT2D eigenvalue weighted by molar-refractivity contribution is 7.89. The van der Waals surface area contributed by atoms with Crippen LogP contribution in [0, 0.1) is 17.5 Å². The summed E-state index contributed by atoms with van der Waals surface area (Å²) < 4.78 is 65.9. The van der Waals surface area contributed by atoms with Crippen molar-refractivity contribution in [2.24, 2.45) is 0 Å². The van der Waals surface area contributed by atoms with Gasteiger partial charge in [-0.2, -0.15) is 0 Å². The molecule has 0 radical (unpaired) electrons. The van der Waals surface area contributed by atoms with E-state index < -0.39 is 43.5 Å². The predicted octanol–water partition coefficient (Wildman–Crippen LogP) is 1.93. The van der Waals surface area contributed by atoms with Gasteiger partial charge in [0.1, 0.15) is 17.5 Å². The zero-order chi connectivity index (χ0) is 15.9. The molecular formula is C12H16F3NO3S. The van der Waals surface area contributed by atoms with Gasteiger partial charge in [0.2, 0.25) is 10.0 Å². The van der Waals surface area contributed by atoms with E-state index in [4.69, 9.17) is 0 Å². The smallest absolute Gasteiger partial charge is 0.247 e. The molecule has 2 N–H and O–H groups in total. The van der Waals surface area contributed by atoms with Crippen molar-refractivity contribution < 1.29 is 26.7 Å². The number of hydrogen-bond donors (Lipinski definition) is 2. The first-order valence-electron chi connectivity index (χ1n) is 5.69. The van der Waals surface area contributed by atoms with Crippen LogP contribution in [0.2, 0.25) is 0 Å². The maximum absolute atomic E-state index is 13.5. The monoisotopic (exact) mass is 311 g/mol. The molecule has 0 aliphatic rings. The molecule has 1 aromatic carbocycles. The SMILES string of the molecule is CC(C)(O)C(C)(C)NS(=O)(=O)c1c(F)cc(F)cc1F. The van der Waals surface area contributed by atoms with E-state index >= 15 is 0 Å². The Morgan fingerprint density at radius 1 is 1.05 bits per heavy atom. The molecule has 0 saturated carbocycles. The van der Waals surface area contributed by atoms with Gasteiger partial charge < -0.3 is 5.11 Å². The molecule has 0 amide bonds. The van der Waals surface area contributed by atoms with Gasteiger partial charge in [-0.15, -0.1) is 0 Å². The molecule has 0 saturated heterocycles. The van der Waals surface area contributed by atoms with Gasteiger partial charge in [0.25, 0.3) is 0 Å². The van der Waals surface area contributed by atoms with Crippen molar-refractivity contribution in [3.63, 3.8) is 0 Å². The highest BCUT2D eigenvalue weighted by atomic mass is 32.2. The first-order valence-corrected chi connectivity index (χ1v) is 7.17. The summed E-state index contributed by atoms with van der Waals surface area (Å²) in [6.45, 7) is 5.38. The minimum absolute atomic E-state index is 0.273. The molecule has 0 aliphatic carbocycles. The largest absolute Gasteiger partial charge is 0.389 e. The van der Waals surface area contributed by atoms with E-state index in [2.05, 4.69) is 0 Å². The highest BCUT2D eigenvalue weighted by Crippen LogP contribution is 2.26. The number of rotatable bonds is 4. The molecule has 0 bridgehead atoms. The second-order valence-corrected chi connectivity index (χ2v) is 7.11. The lowest BCUT2D eigenvalue weighted by molar-refractivity contribution is 0.00633. The second-order valence-electron chi connectivity index (χ2n) is 5.49. The molecule has 0 fully saturated rings. The van der Waals surface area contributed by atoms with Crippen LogP contribution in [0.1, 0.15) is 27.7 Å². The van der Waals surface area contributed by atoms with Gasteiger partial charge in [-0.05, 0) is 27.7 Å². The van der Waals surface area contributed by atoms with E-state index in [9.17, 15) is 26.7 Å². The average Bonchev–Trinajstić information content (AvgIpc) is 2.09. The van der Waals surface area contributed by atoms with Crippen molar-refractivity contribution in [1.82, 2.24) is 4.72 Å². The molecule has 0 aromatic heterocycles. The molecule has 0 aliphatic heterocycles. The van der Waals surface area contributed by atoms with E-state index in [1.54, 1.807) is 0 Å². The number of aliphatic hydroxyl groups is 1. The Morgan fingerprint density at radius 3 is 1.80 bits per heavy atom. The number of nitrogens with one attached hydrogen (secondary N) is 1. The molecule has 114 valence electrons. The average molecular weight is 311 g/mol. The highest BCUT2D eigenvalue weighted by Gasteiger charge is 2.40.